The van der Waals surface area contributed by atoms with Gasteiger partial charge in [0.05, 0.1) is 25.3 Å². The topological polar surface area (TPSA) is 74.4 Å². The number of nitrogens with zero attached hydrogens (tertiary/aromatic N) is 1. The number of aromatic nitrogens is 1. The average molecular weight is 398 g/mol. The molecule has 28 heavy (non-hydrogen) atoms. The van der Waals surface area contributed by atoms with E-state index in [1.165, 1.54) is 4.90 Å². The fourth-order valence-corrected chi connectivity index (χ4v) is 3.72. The van der Waals surface area contributed by atoms with Crippen molar-refractivity contribution >= 4 is 40.0 Å². The van der Waals surface area contributed by atoms with Crippen molar-refractivity contribution in [3.05, 3.63) is 59.2 Å². The number of imide groups is 1. The number of anilines is 1. The van der Waals surface area contributed by atoms with Gasteiger partial charge in [-0.2, -0.15) is 0 Å². The largest absolute Gasteiger partial charge is 0.497 e. The monoisotopic (exact) mass is 397 g/mol. The van der Waals surface area contributed by atoms with Crippen LogP contribution in [-0.4, -0.2) is 36.5 Å². The quantitative estimate of drug-likeness (QED) is 0.626. The molecule has 144 valence electrons. The first-order valence-electron chi connectivity index (χ1n) is 9.06. The van der Waals surface area contributed by atoms with Gasteiger partial charge >= 0.3 is 0 Å². The fourth-order valence-electron chi connectivity index (χ4n) is 3.55. The summed E-state index contributed by atoms with van der Waals surface area (Å²) in [6.07, 6.45) is 2.82. The molecule has 3 aromatic rings. The maximum Gasteiger partial charge on any atom is 0.251 e. The van der Waals surface area contributed by atoms with Crippen molar-refractivity contribution in [2.75, 3.05) is 18.6 Å². The highest BCUT2D eigenvalue weighted by Gasteiger charge is 2.39. The predicted octanol–water partition coefficient (Wildman–Crippen LogP) is 3.29. The van der Waals surface area contributed by atoms with Crippen LogP contribution in [0.1, 0.15) is 12.0 Å². The molecule has 1 aliphatic rings. The average Bonchev–Trinajstić information content (AvgIpc) is 3.22. The Balaban J connectivity index is 1.42. The van der Waals surface area contributed by atoms with E-state index in [4.69, 9.17) is 16.3 Å². The molecule has 0 saturated carbocycles. The van der Waals surface area contributed by atoms with Crippen molar-refractivity contribution in [3.8, 4) is 5.75 Å². The maximum absolute atomic E-state index is 12.7. The van der Waals surface area contributed by atoms with Crippen LogP contribution in [0.2, 0.25) is 5.02 Å². The van der Waals surface area contributed by atoms with Gasteiger partial charge in [0.1, 0.15) is 5.75 Å². The normalized spacial score (nSPS) is 16.9. The summed E-state index contributed by atoms with van der Waals surface area (Å²) in [5.74, 6) is 0.155. The number of carbonyl (C=O) groups excluding carboxylic acids is 2. The van der Waals surface area contributed by atoms with E-state index in [0.717, 1.165) is 22.9 Å². The van der Waals surface area contributed by atoms with E-state index in [0.29, 0.717) is 23.0 Å². The minimum Gasteiger partial charge on any atom is -0.497 e. The number of aromatic amines is 1. The van der Waals surface area contributed by atoms with E-state index < -0.39 is 6.04 Å². The lowest BCUT2D eigenvalue weighted by atomic mass is 10.1. The van der Waals surface area contributed by atoms with Gasteiger partial charge in [0, 0.05) is 34.7 Å². The Kier molecular flexibility index (Phi) is 5.07. The van der Waals surface area contributed by atoms with Gasteiger partial charge in [-0.3, -0.25) is 9.59 Å². The number of H-pyrrole nitrogens is 1. The number of nitrogens with one attached hydrogen (secondary N) is 2. The highest BCUT2D eigenvalue weighted by molar-refractivity contribution is 6.31. The fraction of sp³-hybridized carbons (Fsp3) is 0.238. The predicted molar refractivity (Wildman–Crippen MR) is 109 cm³/mol. The molecule has 2 heterocycles. The third-order valence-corrected chi connectivity index (χ3v) is 5.21. The smallest absolute Gasteiger partial charge is 0.251 e. The Morgan fingerprint density at radius 1 is 1.25 bits per heavy atom. The molecule has 1 fully saturated rings. The zero-order valence-electron chi connectivity index (χ0n) is 15.4. The number of rotatable bonds is 6. The van der Waals surface area contributed by atoms with Gasteiger partial charge in [0.25, 0.3) is 5.91 Å². The van der Waals surface area contributed by atoms with Crippen LogP contribution in [0.15, 0.2) is 48.7 Å². The molecule has 2 amide bonds. The molecule has 1 aliphatic heterocycles. The molecular weight excluding hydrogens is 378 g/mol. The van der Waals surface area contributed by atoms with Crippen molar-refractivity contribution in [3.63, 3.8) is 0 Å². The molecular formula is C21H20ClN3O3. The van der Waals surface area contributed by atoms with Gasteiger partial charge < -0.3 is 15.0 Å². The van der Waals surface area contributed by atoms with Crippen LogP contribution in [0.25, 0.3) is 10.9 Å². The molecule has 0 spiro atoms. The molecule has 4 rings (SSSR count). The highest BCUT2D eigenvalue weighted by Crippen LogP contribution is 2.27. The van der Waals surface area contributed by atoms with E-state index in [1.807, 2.05) is 24.4 Å². The lowest BCUT2D eigenvalue weighted by Crippen LogP contribution is -2.39. The summed E-state index contributed by atoms with van der Waals surface area (Å²) in [4.78, 5) is 29.6. The number of hydrogen-bond donors (Lipinski definition) is 2. The summed E-state index contributed by atoms with van der Waals surface area (Å²) in [5, 5.41) is 4.97. The maximum atomic E-state index is 12.7. The molecule has 0 unspecified atom stereocenters. The van der Waals surface area contributed by atoms with Crippen molar-refractivity contribution in [2.45, 2.75) is 18.9 Å². The number of carbonyl (C=O) groups is 2. The van der Waals surface area contributed by atoms with Crippen LogP contribution in [0.4, 0.5) is 5.69 Å². The number of fused-ring (bicyclic) bond motifs is 1. The Morgan fingerprint density at radius 3 is 2.93 bits per heavy atom. The molecule has 2 aromatic carbocycles. The summed E-state index contributed by atoms with van der Waals surface area (Å²) in [7, 11) is 1.55. The number of ether oxygens (including phenoxy) is 1. The summed E-state index contributed by atoms with van der Waals surface area (Å²) >= 11 is 6.09. The molecule has 1 saturated heterocycles. The van der Waals surface area contributed by atoms with Gasteiger partial charge in [-0.25, -0.2) is 4.90 Å². The van der Waals surface area contributed by atoms with Crippen LogP contribution in [-0.2, 0) is 16.0 Å². The molecule has 1 aromatic heterocycles. The number of benzene rings is 2. The van der Waals surface area contributed by atoms with Gasteiger partial charge in [0.15, 0.2) is 0 Å². The molecule has 2 N–H and O–H groups in total. The summed E-state index contributed by atoms with van der Waals surface area (Å²) in [6.45, 7) is 0.578. The molecule has 0 bridgehead atoms. The number of hydrogen-bond acceptors (Lipinski definition) is 4. The molecule has 6 nitrogen and oxygen atoms in total. The molecule has 0 aliphatic carbocycles. The Morgan fingerprint density at radius 2 is 2.11 bits per heavy atom. The van der Waals surface area contributed by atoms with Crippen LogP contribution in [0.5, 0.6) is 5.75 Å². The first kappa shape index (κ1) is 18.5. The standard InChI is InChI=1S/C21H20ClN3O3/c1-28-16-4-2-3-15(10-16)25-20(26)11-19(21(25)27)23-8-7-13-12-24-18-6-5-14(22)9-17(13)18/h2-6,9-10,12,19,23-24H,7-8,11H2,1H3/t19-/m0/s1. The third-order valence-electron chi connectivity index (χ3n) is 4.97. The summed E-state index contributed by atoms with van der Waals surface area (Å²) < 4.78 is 5.18. The van der Waals surface area contributed by atoms with E-state index in [1.54, 1.807) is 31.4 Å². The summed E-state index contributed by atoms with van der Waals surface area (Å²) in [5.41, 5.74) is 2.67. The molecule has 0 radical (unpaired) electrons. The minimum absolute atomic E-state index is 0.149. The Labute approximate surface area is 167 Å². The van der Waals surface area contributed by atoms with E-state index in [2.05, 4.69) is 10.3 Å². The Bertz CT molecular complexity index is 1050. The van der Waals surface area contributed by atoms with E-state index >= 15 is 0 Å². The van der Waals surface area contributed by atoms with Crippen molar-refractivity contribution in [1.29, 1.82) is 0 Å². The second-order valence-corrected chi connectivity index (χ2v) is 7.17. The third kappa shape index (κ3) is 3.48. The van der Waals surface area contributed by atoms with Gasteiger partial charge in [-0.15, -0.1) is 0 Å². The highest BCUT2D eigenvalue weighted by atomic mass is 35.5. The zero-order valence-corrected chi connectivity index (χ0v) is 16.1. The van der Waals surface area contributed by atoms with Crippen molar-refractivity contribution in [2.24, 2.45) is 0 Å². The van der Waals surface area contributed by atoms with Gasteiger partial charge in [-0.05, 0) is 42.3 Å². The lowest BCUT2D eigenvalue weighted by Gasteiger charge is -2.16. The summed E-state index contributed by atoms with van der Waals surface area (Å²) in [6, 6.07) is 12.2. The first-order chi connectivity index (χ1) is 13.6. The second kappa shape index (κ2) is 7.66. The molecule has 1 atom stereocenters. The van der Waals surface area contributed by atoms with Gasteiger partial charge in [0.2, 0.25) is 5.91 Å². The van der Waals surface area contributed by atoms with Crippen LogP contribution >= 0.6 is 11.6 Å². The van der Waals surface area contributed by atoms with Crippen LogP contribution in [0, 0.1) is 0 Å². The molecule has 7 heteroatoms. The van der Waals surface area contributed by atoms with Crippen molar-refractivity contribution < 1.29 is 14.3 Å². The first-order valence-corrected chi connectivity index (χ1v) is 9.44. The number of amides is 2. The Hall–Kier alpha value is -2.83. The van der Waals surface area contributed by atoms with Gasteiger partial charge in [-0.1, -0.05) is 17.7 Å². The number of methoxy groups -OCH3 is 1. The van der Waals surface area contributed by atoms with Crippen molar-refractivity contribution in [1.82, 2.24) is 10.3 Å². The van der Waals surface area contributed by atoms with Crippen LogP contribution in [0.3, 0.4) is 0 Å². The minimum atomic E-state index is -0.521. The second-order valence-electron chi connectivity index (χ2n) is 6.73. The van der Waals surface area contributed by atoms with Crippen LogP contribution < -0.4 is 15.0 Å². The number of halogens is 1. The lowest BCUT2D eigenvalue weighted by molar-refractivity contribution is -0.121. The van der Waals surface area contributed by atoms with E-state index in [9.17, 15) is 9.59 Å². The zero-order chi connectivity index (χ0) is 19.7. The van der Waals surface area contributed by atoms with E-state index in [-0.39, 0.29) is 18.2 Å². The SMILES string of the molecule is COc1cccc(N2C(=O)C[C@H](NCCc3c[nH]c4ccc(Cl)cc34)C2=O)c1.